The quantitative estimate of drug-likeness (QED) is 0.332. The molecule has 1 aromatic carbocycles. The summed E-state index contributed by atoms with van der Waals surface area (Å²) >= 11 is 0. The van der Waals surface area contributed by atoms with Crippen LogP contribution in [0.1, 0.15) is 12.8 Å². The molecular weight excluding hydrogens is 503 g/mol. The summed E-state index contributed by atoms with van der Waals surface area (Å²) < 4.78 is 47.0. The van der Waals surface area contributed by atoms with Crippen molar-refractivity contribution in [3.63, 3.8) is 0 Å². The average Bonchev–Trinajstić information content (AvgIpc) is 3.58. The highest BCUT2D eigenvalue weighted by Gasteiger charge is 2.36. The van der Waals surface area contributed by atoms with E-state index < -0.39 is 27.8 Å². The zero-order chi connectivity index (χ0) is 26.3. The third-order valence-electron chi connectivity index (χ3n) is 6.14. The number of fused-ring (bicyclic) bond motifs is 1. The van der Waals surface area contributed by atoms with Crippen molar-refractivity contribution in [3.8, 4) is 17.1 Å². The largest absolute Gasteiger partial charge is 0.478 e. The molecule has 37 heavy (non-hydrogen) atoms. The lowest BCUT2D eigenvalue weighted by Gasteiger charge is -2.21. The summed E-state index contributed by atoms with van der Waals surface area (Å²) in [5.74, 6) is -0.574. The van der Waals surface area contributed by atoms with E-state index in [4.69, 9.17) is 4.74 Å². The number of benzene rings is 1. The van der Waals surface area contributed by atoms with E-state index in [1.807, 2.05) is 0 Å². The van der Waals surface area contributed by atoms with Gasteiger partial charge in [0.25, 0.3) is 5.88 Å². The molecule has 1 unspecified atom stereocenters. The highest BCUT2D eigenvalue weighted by atomic mass is 32.2. The van der Waals surface area contributed by atoms with Crippen LogP contribution in [0.2, 0.25) is 0 Å². The minimum absolute atomic E-state index is 0.0501. The maximum atomic E-state index is 14.9. The zero-order valence-corrected chi connectivity index (χ0v) is 21.1. The third kappa shape index (κ3) is 4.72. The van der Waals surface area contributed by atoms with Gasteiger partial charge in [0.15, 0.2) is 5.82 Å². The minimum atomic E-state index is -3.51. The highest BCUT2D eigenvalue weighted by molar-refractivity contribution is 7.88. The first-order chi connectivity index (χ1) is 17.7. The summed E-state index contributed by atoms with van der Waals surface area (Å²) in [6, 6.07) is 4.40. The highest BCUT2D eigenvalue weighted by Crippen LogP contribution is 2.34. The number of halogens is 1. The molecule has 0 spiro atoms. The molecule has 5 rings (SSSR count). The van der Waals surface area contributed by atoms with E-state index in [2.05, 4.69) is 30.7 Å². The molecule has 1 saturated heterocycles. The Morgan fingerprint density at radius 1 is 1.30 bits per heavy atom. The second-order valence-electron chi connectivity index (χ2n) is 8.69. The zero-order valence-electron chi connectivity index (χ0n) is 20.3. The van der Waals surface area contributed by atoms with Gasteiger partial charge in [-0.3, -0.25) is 9.48 Å². The van der Waals surface area contributed by atoms with E-state index >= 15 is 0 Å². The second kappa shape index (κ2) is 9.44. The summed E-state index contributed by atoms with van der Waals surface area (Å²) in [5.41, 5.74) is 2.03. The van der Waals surface area contributed by atoms with E-state index in [0.29, 0.717) is 53.1 Å². The number of rotatable bonds is 7. The van der Waals surface area contributed by atoms with Crippen molar-refractivity contribution in [1.82, 2.24) is 29.0 Å². The van der Waals surface area contributed by atoms with Crippen LogP contribution in [0.5, 0.6) is 5.88 Å². The number of H-pyrrole nitrogens is 1. The number of nitrogens with one attached hydrogen (secondary N) is 3. The van der Waals surface area contributed by atoms with Gasteiger partial charge >= 0.3 is 0 Å². The van der Waals surface area contributed by atoms with E-state index in [0.717, 1.165) is 12.5 Å². The van der Waals surface area contributed by atoms with Crippen LogP contribution in [-0.2, 0) is 21.9 Å². The number of aromatic nitrogens is 5. The molecule has 3 N–H and O–H groups in total. The van der Waals surface area contributed by atoms with E-state index in [9.17, 15) is 17.6 Å². The number of hydrogen-bond donors (Lipinski definition) is 3. The number of carbonyl (C=O) groups excluding carboxylic acids is 1. The molecule has 0 saturated carbocycles. The molecule has 1 amide bonds. The lowest BCUT2D eigenvalue weighted by atomic mass is 10.1. The number of nitrogens with zero attached hydrogens (tertiary/aromatic N) is 5. The number of sulfonamides is 1. The Labute approximate surface area is 211 Å². The van der Waals surface area contributed by atoms with E-state index in [1.54, 1.807) is 42.3 Å². The number of anilines is 3. The number of amides is 1. The van der Waals surface area contributed by atoms with Crippen LogP contribution in [-0.4, -0.2) is 69.3 Å². The van der Waals surface area contributed by atoms with E-state index in [-0.39, 0.29) is 11.6 Å². The van der Waals surface area contributed by atoms with Crippen molar-refractivity contribution < 1.29 is 22.3 Å². The molecule has 0 radical (unpaired) electrons. The maximum absolute atomic E-state index is 14.9. The lowest BCUT2D eigenvalue weighted by Crippen LogP contribution is -2.42. The van der Waals surface area contributed by atoms with Crippen LogP contribution in [0.15, 0.2) is 36.8 Å². The van der Waals surface area contributed by atoms with Gasteiger partial charge in [-0.15, -0.1) is 5.10 Å². The molecule has 14 heteroatoms. The Bertz CT molecular complexity index is 1600. The van der Waals surface area contributed by atoms with Gasteiger partial charge in [-0.1, -0.05) is 12.1 Å². The van der Waals surface area contributed by atoms with Gasteiger partial charge in [-0.25, -0.2) is 22.8 Å². The SMILES string of the molecule is COc1nn(C)cc1Nc1ncc(F)c(-c2c[nH]c3c(NC(=O)C4CCCN4S(C)(=O)=O)cccc23)n1. The lowest BCUT2D eigenvalue weighted by molar-refractivity contribution is -0.119. The van der Waals surface area contributed by atoms with Crippen molar-refractivity contribution in [3.05, 3.63) is 42.6 Å². The summed E-state index contributed by atoms with van der Waals surface area (Å²) in [7, 11) is -0.290. The number of aryl methyl sites for hydroxylation is 1. The molecule has 0 aliphatic carbocycles. The monoisotopic (exact) mass is 528 g/mol. The number of ether oxygens (including phenoxy) is 1. The molecule has 1 atom stereocenters. The molecule has 4 heterocycles. The summed E-state index contributed by atoms with van der Waals surface area (Å²) in [4.78, 5) is 24.5. The third-order valence-corrected chi connectivity index (χ3v) is 7.43. The van der Waals surface area contributed by atoms with Crippen molar-refractivity contribution in [2.24, 2.45) is 7.05 Å². The molecule has 12 nitrogen and oxygen atoms in total. The molecule has 3 aromatic heterocycles. The summed E-state index contributed by atoms with van der Waals surface area (Å²) in [5, 5.41) is 10.6. The maximum Gasteiger partial charge on any atom is 0.256 e. The Kier molecular flexibility index (Phi) is 6.29. The van der Waals surface area contributed by atoms with Gasteiger partial charge < -0.3 is 20.4 Å². The number of para-hydroxylation sites is 1. The second-order valence-corrected chi connectivity index (χ2v) is 10.6. The fraction of sp³-hybridized carbons (Fsp3) is 0.304. The Morgan fingerprint density at radius 2 is 2.11 bits per heavy atom. The van der Waals surface area contributed by atoms with Crippen LogP contribution >= 0.6 is 0 Å². The predicted octanol–water partition coefficient (Wildman–Crippen LogP) is 2.61. The van der Waals surface area contributed by atoms with Crippen molar-refractivity contribution in [1.29, 1.82) is 0 Å². The summed E-state index contributed by atoms with van der Waals surface area (Å²) in [6.45, 7) is 0.308. The van der Waals surface area contributed by atoms with Crippen LogP contribution in [0.4, 0.5) is 21.7 Å². The molecular formula is C23H25FN8O4S. The van der Waals surface area contributed by atoms with Gasteiger partial charge in [0.05, 0.1) is 37.0 Å². The fourth-order valence-electron chi connectivity index (χ4n) is 4.51. The van der Waals surface area contributed by atoms with Crippen LogP contribution in [0.25, 0.3) is 22.2 Å². The van der Waals surface area contributed by atoms with Crippen LogP contribution in [0, 0.1) is 5.82 Å². The van der Waals surface area contributed by atoms with Gasteiger partial charge in [0.2, 0.25) is 21.9 Å². The average molecular weight is 529 g/mol. The topological polar surface area (TPSA) is 147 Å². The standard InChI is InChI=1S/C23H25FN8O4S/c1-31-12-17(22(30-31)36-2)28-23-26-11-15(24)19(29-23)14-10-25-20-13(14)6-4-7-16(20)27-21(33)18-8-5-9-32(18)37(3,34)35/h4,6-7,10-12,18,25H,5,8-9H2,1-3H3,(H,27,33)(H,26,28,29). The normalized spacial score (nSPS) is 16.3. The minimum Gasteiger partial charge on any atom is -0.478 e. The van der Waals surface area contributed by atoms with Crippen LogP contribution in [0.3, 0.4) is 0 Å². The molecule has 1 aliphatic rings. The first kappa shape index (κ1) is 24.6. The number of methoxy groups -OCH3 is 1. The van der Waals surface area contributed by atoms with Crippen molar-refractivity contribution >= 4 is 44.2 Å². The van der Waals surface area contributed by atoms with Gasteiger partial charge in [-0.2, -0.15) is 4.31 Å². The smallest absolute Gasteiger partial charge is 0.256 e. The van der Waals surface area contributed by atoms with Crippen molar-refractivity contribution in [2.45, 2.75) is 18.9 Å². The molecule has 0 bridgehead atoms. The Morgan fingerprint density at radius 3 is 2.86 bits per heavy atom. The van der Waals surface area contributed by atoms with Crippen LogP contribution < -0.4 is 15.4 Å². The van der Waals surface area contributed by atoms with Crippen molar-refractivity contribution in [2.75, 3.05) is 30.5 Å². The van der Waals surface area contributed by atoms with E-state index in [1.165, 1.54) is 11.4 Å². The van der Waals surface area contributed by atoms with Gasteiger partial charge in [0.1, 0.15) is 17.4 Å². The molecule has 4 aromatic rings. The number of carbonyl (C=O) groups is 1. The molecule has 194 valence electrons. The number of hydrogen-bond acceptors (Lipinski definition) is 8. The molecule has 1 fully saturated rings. The predicted molar refractivity (Wildman–Crippen MR) is 136 cm³/mol. The Hall–Kier alpha value is -4.04. The molecule has 1 aliphatic heterocycles. The number of aromatic amines is 1. The first-order valence-corrected chi connectivity index (χ1v) is 13.3. The van der Waals surface area contributed by atoms with Gasteiger partial charge in [0, 0.05) is 30.7 Å². The van der Waals surface area contributed by atoms with Gasteiger partial charge in [-0.05, 0) is 18.9 Å². The first-order valence-electron chi connectivity index (χ1n) is 11.4. The summed E-state index contributed by atoms with van der Waals surface area (Å²) in [6.07, 6.45) is 6.49. The fourth-order valence-corrected chi connectivity index (χ4v) is 5.64. The Balaban J connectivity index is 1.45.